The molecule has 0 unspecified atom stereocenters. The maximum absolute atomic E-state index is 13.2. The van der Waals surface area contributed by atoms with E-state index in [0.717, 1.165) is 69.9 Å². The smallest absolute Gasteiger partial charge is 0.254 e. The topological polar surface area (TPSA) is 52.7 Å². The van der Waals surface area contributed by atoms with Crippen LogP contribution in [0, 0.1) is 11.8 Å². The molecule has 2 atom stereocenters. The van der Waals surface area contributed by atoms with Gasteiger partial charge >= 0.3 is 0 Å². The van der Waals surface area contributed by atoms with Crippen LogP contribution in [0.25, 0.3) is 0 Å². The lowest BCUT2D eigenvalue weighted by Crippen LogP contribution is -2.47. The summed E-state index contributed by atoms with van der Waals surface area (Å²) in [5.41, 5.74) is 0.730. The molecule has 27 heavy (non-hydrogen) atoms. The quantitative estimate of drug-likeness (QED) is 0.891. The van der Waals surface area contributed by atoms with E-state index < -0.39 is 0 Å². The van der Waals surface area contributed by atoms with Crippen molar-refractivity contribution in [2.75, 3.05) is 32.7 Å². The number of carbonyl (C=O) groups is 2. The van der Waals surface area contributed by atoms with Crippen molar-refractivity contribution in [2.24, 2.45) is 11.8 Å². The van der Waals surface area contributed by atoms with Gasteiger partial charge in [-0.3, -0.25) is 9.59 Å². The van der Waals surface area contributed by atoms with Crippen molar-refractivity contribution in [2.45, 2.75) is 44.6 Å². The van der Waals surface area contributed by atoms with Gasteiger partial charge in [0.2, 0.25) is 5.91 Å². The van der Waals surface area contributed by atoms with E-state index in [1.54, 1.807) is 0 Å². The Labute approximate surface area is 162 Å². The normalized spacial score (nSPS) is 27.6. The summed E-state index contributed by atoms with van der Waals surface area (Å²) in [7, 11) is 0. The zero-order valence-corrected chi connectivity index (χ0v) is 16.1. The highest BCUT2D eigenvalue weighted by Gasteiger charge is 2.39. The molecule has 4 rings (SSSR count). The van der Waals surface area contributed by atoms with Crippen molar-refractivity contribution >= 4 is 11.8 Å². The van der Waals surface area contributed by atoms with Gasteiger partial charge in [0.05, 0.1) is 5.92 Å². The Morgan fingerprint density at radius 3 is 2.59 bits per heavy atom. The molecule has 5 nitrogen and oxygen atoms in total. The standard InChI is InChI=1S/C22H31N3O2/c26-21-19-8-4-9-20(19)25(22(27)18-6-2-1-3-7-18)14-5-13-24(15-12-23-21)16-17-10-11-17/h1-3,6-7,17,19-20H,4-5,8-16H2,(H,23,26)/t19-,20+/m1/s1. The lowest BCUT2D eigenvalue weighted by molar-refractivity contribution is -0.126. The Hall–Kier alpha value is -1.88. The summed E-state index contributed by atoms with van der Waals surface area (Å²) < 4.78 is 0. The van der Waals surface area contributed by atoms with Crippen LogP contribution in [-0.4, -0.2) is 60.4 Å². The number of benzene rings is 1. The van der Waals surface area contributed by atoms with Gasteiger partial charge in [0, 0.05) is 37.8 Å². The van der Waals surface area contributed by atoms with Crippen LogP contribution in [0.2, 0.25) is 0 Å². The van der Waals surface area contributed by atoms with Gasteiger partial charge in [-0.15, -0.1) is 0 Å². The number of rotatable bonds is 3. The molecule has 0 radical (unpaired) electrons. The molecule has 0 bridgehead atoms. The van der Waals surface area contributed by atoms with E-state index in [-0.39, 0.29) is 23.8 Å². The van der Waals surface area contributed by atoms with Crippen molar-refractivity contribution in [1.82, 2.24) is 15.1 Å². The van der Waals surface area contributed by atoms with E-state index in [9.17, 15) is 9.59 Å². The average Bonchev–Trinajstić information content (AvgIpc) is 3.37. The van der Waals surface area contributed by atoms with Gasteiger partial charge in [-0.2, -0.15) is 0 Å². The van der Waals surface area contributed by atoms with Gasteiger partial charge in [-0.1, -0.05) is 24.6 Å². The number of carbonyl (C=O) groups excluding carboxylic acids is 2. The van der Waals surface area contributed by atoms with Crippen LogP contribution in [0.5, 0.6) is 0 Å². The molecular weight excluding hydrogens is 338 g/mol. The minimum Gasteiger partial charge on any atom is -0.355 e. The first-order valence-corrected chi connectivity index (χ1v) is 10.6. The first-order valence-electron chi connectivity index (χ1n) is 10.6. The van der Waals surface area contributed by atoms with Crippen molar-refractivity contribution < 1.29 is 9.59 Å². The number of hydrogen-bond acceptors (Lipinski definition) is 3. The van der Waals surface area contributed by atoms with Crippen LogP contribution in [0.4, 0.5) is 0 Å². The molecule has 146 valence electrons. The maximum Gasteiger partial charge on any atom is 0.254 e. The van der Waals surface area contributed by atoms with Crippen LogP contribution in [-0.2, 0) is 4.79 Å². The van der Waals surface area contributed by atoms with Crippen LogP contribution >= 0.6 is 0 Å². The Morgan fingerprint density at radius 1 is 1.00 bits per heavy atom. The molecule has 5 heteroatoms. The predicted molar refractivity (Wildman–Crippen MR) is 105 cm³/mol. The maximum atomic E-state index is 13.2. The fourth-order valence-electron chi connectivity index (χ4n) is 4.68. The van der Waals surface area contributed by atoms with Crippen molar-refractivity contribution in [3.05, 3.63) is 35.9 Å². The zero-order chi connectivity index (χ0) is 18.6. The van der Waals surface area contributed by atoms with Gasteiger partial charge in [0.15, 0.2) is 0 Å². The Balaban J connectivity index is 1.53. The molecule has 0 spiro atoms. The van der Waals surface area contributed by atoms with Crippen molar-refractivity contribution in [3.8, 4) is 0 Å². The van der Waals surface area contributed by atoms with E-state index in [4.69, 9.17) is 0 Å². The molecule has 1 saturated heterocycles. The molecule has 1 heterocycles. The Kier molecular flexibility index (Phi) is 5.77. The van der Waals surface area contributed by atoms with E-state index >= 15 is 0 Å². The third-order valence-electron chi connectivity index (χ3n) is 6.31. The van der Waals surface area contributed by atoms with E-state index in [2.05, 4.69) is 10.2 Å². The van der Waals surface area contributed by atoms with Gasteiger partial charge in [-0.05, 0) is 56.7 Å². The average molecular weight is 370 g/mol. The van der Waals surface area contributed by atoms with Gasteiger partial charge in [0.25, 0.3) is 5.91 Å². The summed E-state index contributed by atoms with van der Waals surface area (Å²) in [5.74, 6) is 0.991. The minimum absolute atomic E-state index is 0.0349. The van der Waals surface area contributed by atoms with Crippen LogP contribution < -0.4 is 5.32 Å². The monoisotopic (exact) mass is 369 g/mol. The number of fused-ring (bicyclic) bond motifs is 1. The van der Waals surface area contributed by atoms with E-state index in [1.807, 2.05) is 35.2 Å². The largest absolute Gasteiger partial charge is 0.355 e. The molecular formula is C22H31N3O2. The molecule has 2 saturated carbocycles. The van der Waals surface area contributed by atoms with Crippen LogP contribution in [0.1, 0.15) is 48.9 Å². The summed E-state index contributed by atoms with van der Waals surface area (Å²) in [6.45, 7) is 4.52. The number of amides is 2. The first-order chi connectivity index (χ1) is 13.2. The summed E-state index contributed by atoms with van der Waals surface area (Å²) in [6.07, 6.45) is 6.50. The summed E-state index contributed by atoms with van der Waals surface area (Å²) in [6, 6.07) is 9.57. The fourth-order valence-corrected chi connectivity index (χ4v) is 4.68. The Morgan fingerprint density at radius 2 is 1.81 bits per heavy atom. The molecule has 3 aliphatic rings. The molecule has 2 aliphatic carbocycles. The first kappa shape index (κ1) is 18.5. The molecule has 1 aromatic carbocycles. The molecule has 2 amide bonds. The lowest BCUT2D eigenvalue weighted by atomic mass is 9.99. The third-order valence-corrected chi connectivity index (χ3v) is 6.31. The summed E-state index contributed by atoms with van der Waals surface area (Å²) >= 11 is 0. The fraction of sp³-hybridized carbons (Fsp3) is 0.636. The van der Waals surface area contributed by atoms with Crippen molar-refractivity contribution in [1.29, 1.82) is 0 Å². The lowest BCUT2D eigenvalue weighted by Gasteiger charge is -2.33. The highest BCUT2D eigenvalue weighted by atomic mass is 16.2. The van der Waals surface area contributed by atoms with Crippen LogP contribution in [0.15, 0.2) is 30.3 Å². The SMILES string of the molecule is O=C1NCCN(CC2CC2)CCCN(C(=O)c2ccccc2)[C@H]2CCC[C@@H]12. The highest BCUT2D eigenvalue weighted by Crippen LogP contribution is 2.32. The molecule has 1 N–H and O–H groups in total. The molecule has 0 aromatic heterocycles. The summed E-state index contributed by atoms with van der Waals surface area (Å²) in [4.78, 5) is 30.5. The second kappa shape index (κ2) is 8.42. The van der Waals surface area contributed by atoms with Gasteiger partial charge in [0.1, 0.15) is 0 Å². The minimum atomic E-state index is -0.0624. The second-order valence-electron chi connectivity index (χ2n) is 8.36. The zero-order valence-electron chi connectivity index (χ0n) is 16.1. The number of nitrogens with one attached hydrogen (secondary N) is 1. The Bertz CT molecular complexity index is 659. The highest BCUT2D eigenvalue weighted by molar-refractivity contribution is 5.95. The number of hydrogen-bond donors (Lipinski definition) is 1. The molecule has 1 aliphatic heterocycles. The second-order valence-corrected chi connectivity index (χ2v) is 8.36. The van der Waals surface area contributed by atoms with Crippen molar-refractivity contribution in [3.63, 3.8) is 0 Å². The number of nitrogens with zero attached hydrogens (tertiary/aromatic N) is 2. The third kappa shape index (κ3) is 4.52. The van der Waals surface area contributed by atoms with E-state index in [1.165, 1.54) is 12.8 Å². The van der Waals surface area contributed by atoms with Crippen LogP contribution in [0.3, 0.4) is 0 Å². The molecule has 1 aromatic rings. The van der Waals surface area contributed by atoms with E-state index in [0.29, 0.717) is 0 Å². The summed E-state index contributed by atoms with van der Waals surface area (Å²) in [5, 5.41) is 3.16. The van der Waals surface area contributed by atoms with Gasteiger partial charge < -0.3 is 15.1 Å². The van der Waals surface area contributed by atoms with Gasteiger partial charge in [-0.25, -0.2) is 0 Å². The predicted octanol–water partition coefficient (Wildman–Crippen LogP) is 2.53. The molecule has 3 fully saturated rings.